The average molecular weight is 237 g/mol. The number of carbonyl (C=O) groups excluding carboxylic acids is 1. The Morgan fingerprint density at radius 2 is 2.35 bits per heavy atom. The quantitative estimate of drug-likeness (QED) is 0.853. The molecule has 5 heteroatoms. The molecule has 0 aliphatic carbocycles. The van der Waals surface area contributed by atoms with Crippen LogP contribution in [-0.4, -0.2) is 23.7 Å². The van der Waals surface area contributed by atoms with Crippen molar-refractivity contribution >= 4 is 16.9 Å². The first-order chi connectivity index (χ1) is 8.08. The Morgan fingerprint density at radius 3 is 3.00 bits per heavy atom. The first kappa shape index (κ1) is 11.6. The van der Waals surface area contributed by atoms with E-state index in [9.17, 15) is 9.18 Å². The van der Waals surface area contributed by atoms with E-state index in [0.717, 1.165) is 0 Å². The molecule has 0 saturated heterocycles. The number of aliphatic hydroxyl groups is 1. The van der Waals surface area contributed by atoms with Gasteiger partial charge in [0, 0.05) is 11.9 Å². The lowest BCUT2D eigenvalue weighted by atomic mass is 10.2. The third kappa shape index (κ3) is 2.45. The molecule has 0 saturated carbocycles. The van der Waals surface area contributed by atoms with Crippen LogP contribution in [0.2, 0.25) is 0 Å². The summed E-state index contributed by atoms with van der Waals surface area (Å²) in [5.74, 6) is -0.940. The molecule has 90 valence electrons. The molecule has 0 radical (unpaired) electrons. The molecule has 0 bridgehead atoms. The van der Waals surface area contributed by atoms with Crippen molar-refractivity contribution in [2.75, 3.05) is 6.54 Å². The van der Waals surface area contributed by atoms with Crippen LogP contribution in [0.15, 0.2) is 28.7 Å². The van der Waals surface area contributed by atoms with E-state index in [1.807, 2.05) is 0 Å². The standard InChI is InChI=1S/C12H12FNO3/c1-7(15)6-14-12(16)10-5-8-3-2-4-9(13)11(8)17-10/h2-5,7,15H,6H2,1H3,(H,14,16). The first-order valence-electron chi connectivity index (χ1n) is 5.22. The van der Waals surface area contributed by atoms with Crippen molar-refractivity contribution in [2.45, 2.75) is 13.0 Å². The van der Waals surface area contributed by atoms with Crippen molar-refractivity contribution in [1.82, 2.24) is 5.32 Å². The number of fused-ring (bicyclic) bond motifs is 1. The highest BCUT2D eigenvalue weighted by Crippen LogP contribution is 2.21. The highest BCUT2D eigenvalue weighted by Gasteiger charge is 2.14. The number of aliphatic hydroxyl groups excluding tert-OH is 1. The van der Waals surface area contributed by atoms with E-state index >= 15 is 0 Å². The van der Waals surface area contributed by atoms with E-state index in [2.05, 4.69) is 5.32 Å². The summed E-state index contributed by atoms with van der Waals surface area (Å²) >= 11 is 0. The fourth-order valence-electron chi connectivity index (χ4n) is 1.47. The second-order valence-electron chi connectivity index (χ2n) is 3.83. The Hall–Kier alpha value is -1.88. The zero-order chi connectivity index (χ0) is 12.4. The molecule has 1 amide bonds. The number of halogens is 1. The predicted molar refractivity (Wildman–Crippen MR) is 60.2 cm³/mol. The van der Waals surface area contributed by atoms with Gasteiger partial charge in [0.05, 0.1) is 6.10 Å². The third-order valence-corrected chi connectivity index (χ3v) is 2.28. The van der Waals surface area contributed by atoms with E-state index in [-0.39, 0.29) is 17.9 Å². The summed E-state index contributed by atoms with van der Waals surface area (Å²) in [6.45, 7) is 1.68. The van der Waals surface area contributed by atoms with Crippen LogP contribution in [-0.2, 0) is 0 Å². The summed E-state index contributed by atoms with van der Waals surface area (Å²) in [5, 5.41) is 12.0. The number of furan rings is 1. The molecule has 2 aromatic rings. The van der Waals surface area contributed by atoms with Crippen LogP contribution in [0.25, 0.3) is 11.0 Å². The van der Waals surface area contributed by atoms with Crippen molar-refractivity contribution in [1.29, 1.82) is 0 Å². The van der Waals surface area contributed by atoms with E-state index in [0.29, 0.717) is 5.39 Å². The molecule has 0 aliphatic heterocycles. The second kappa shape index (κ2) is 4.55. The van der Waals surface area contributed by atoms with Gasteiger partial charge in [-0.15, -0.1) is 0 Å². The minimum absolute atomic E-state index is 0.0331. The first-order valence-corrected chi connectivity index (χ1v) is 5.22. The number of rotatable bonds is 3. The van der Waals surface area contributed by atoms with Crippen LogP contribution in [0, 0.1) is 5.82 Å². The molecule has 1 heterocycles. The molecular weight excluding hydrogens is 225 g/mol. The monoisotopic (exact) mass is 237 g/mol. The Kier molecular flexibility index (Phi) is 3.10. The van der Waals surface area contributed by atoms with Crippen LogP contribution in [0.3, 0.4) is 0 Å². The number of para-hydroxylation sites is 1. The van der Waals surface area contributed by atoms with Crippen molar-refractivity contribution in [3.63, 3.8) is 0 Å². The van der Waals surface area contributed by atoms with Crippen molar-refractivity contribution < 1.29 is 18.7 Å². The highest BCUT2D eigenvalue weighted by molar-refractivity contribution is 5.96. The van der Waals surface area contributed by atoms with Gasteiger partial charge in [0.1, 0.15) is 0 Å². The smallest absolute Gasteiger partial charge is 0.287 e. The summed E-state index contributed by atoms with van der Waals surface area (Å²) in [5.41, 5.74) is 0.0645. The van der Waals surface area contributed by atoms with Gasteiger partial charge in [-0.3, -0.25) is 4.79 Å². The largest absolute Gasteiger partial charge is 0.448 e. The summed E-state index contributed by atoms with van der Waals surface area (Å²) in [7, 11) is 0. The molecule has 1 unspecified atom stereocenters. The van der Waals surface area contributed by atoms with Gasteiger partial charge < -0.3 is 14.8 Å². The molecule has 1 atom stereocenters. The Balaban J connectivity index is 2.24. The van der Waals surface area contributed by atoms with Gasteiger partial charge >= 0.3 is 0 Å². The number of amides is 1. The van der Waals surface area contributed by atoms with Crippen molar-refractivity contribution in [3.05, 3.63) is 35.8 Å². The Labute approximate surface area is 97.0 Å². The predicted octanol–water partition coefficient (Wildman–Crippen LogP) is 1.68. The lowest BCUT2D eigenvalue weighted by Gasteiger charge is -2.04. The maximum Gasteiger partial charge on any atom is 0.287 e. The molecule has 0 spiro atoms. The maximum atomic E-state index is 13.3. The molecule has 0 aliphatic rings. The SMILES string of the molecule is CC(O)CNC(=O)c1cc2cccc(F)c2o1. The molecule has 0 fully saturated rings. The maximum absolute atomic E-state index is 13.3. The number of benzene rings is 1. The normalized spacial score (nSPS) is 12.6. The molecular formula is C12H12FNO3. The van der Waals surface area contributed by atoms with E-state index in [1.54, 1.807) is 19.1 Å². The zero-order valence-electron chi connectivity index (χ0n) is 9.24. The molecule has 2 N–H and O–H groups in total. The lowest BCUT2D eigenvalue weighted by molar-refractivity contribution is 0.0898. The number of carbonyl (C=O) groups is 1. The average Bonchev–Trinajstić information content (AvgIpc) is 2.71. The van der Waals surface area contributed by atoms with E-state index < -0.39 is 17.8 Å². The number of hydrogen-bond acceptors (Lipinski definition) is 3. The van der Waals surface area contributed by atoms with E-state index in [4.69, 9.17) is 9.52 Å². The minimum atomic E-state index is -0.639. The van der Waals surface area contributed by atoms with E-state index in [1.165, 1.54) is 12.1 Å². The van der Waals surface area contributed by atoms with Crippen LogP contribution in [0.4, 0.5) is 4.39 Å². The zero-order valence-corrected chi connectivity index (χ0v) is 9.24. The van der Waals surface area contributed by atoms with Crippen LogP contribution < -0.4 is 5.32 Å². The van der Waals surface area contributed by atoms with Crippen LogP contribution >= 0.6 is 0 Å². The van der Waals surface area contributed by atoms with Gasteiger partial charge in [-0.1, -0.05) is 12.1 Å². The third-order valence-electron chi connectivity index (χ3n) is 2.28. The van der Waals surface area contributed by atoms with Gasteiger partial charge in [-0.25, -0.2) is 4.39 Å². The Morgan fingerprint density at radius 1 is 1.59 bits per heavy atom. The minimum Gasteiger partial charge on any atom is -0.448 e. The van der Waals surface area contributed by atoms with Gasteiger partial charge in [-0.05, 0) is 19.1 Å². The van der Waals surface area contributed by atoms with Gasteiger partial charge in [0.15, 0.2) is 17.2 Å². The fraction of sp³-hybridized carbons (Fsp3) is 0.250. The molecule has 1 aromatic heterocycles. The molecule has 1 aromatic carbocycles. The highest BCUT2D eigenvalue weighted by atomic mass is 19.1. The van der Waals surface area contributed by atoms with Crippen LogP contribution in [0.5, 0.6) is 0 Å². The summed E-state index contributed by atoms with van der Waals surface area (Å²) in [6.07, 6.45) is -0.639. The van der Waals surface area contributed by atoms with Crippen LogP contribution in [0.1, 0.15) is 17.5 Å². The number of hydrogen-bond donors (Lipinski definition) is 2. The summed E-state index contributed by atoms with van der Waals surface area (Å²) < 4.78 is 18.4. The van der Waals surface area contributed by atoms with Crippen molar-refractivity contribution in [3.8, 4) is 0 Å². The van der Waals surface area contributed by atoms with Gasteiger partial charge in [-0.2, -0.15) is 0 Å². The van der Waals surface area contributed by atoms with Gasteiger partial charge in [0.2, 0.25) is 0 Å². The van der Waals surface area contributed by atoms with Gasteiger partial charge in [0.25, 0.3) is 5.91 Å². The molecule has 17 heavy (non-hydrogen) atoms. The molecule has 4 nitrogen and oxygen atoms in total. The summed E-state index contributed by atoms with van der Waals surface area (Å²) in [4.78, 5) is 11.6. The lowest BCUT2D eigenvalue weighted by Crippen LogP contribution is -2.30. The topological polar surface area (TPSA) is 62.5 Å². The summed E-state index contributed by atoms with van der Waals surface area (Å²) in [6, 6.07) is 5.94. The fourth-order valence-corrected chi connectivity index (χ4v) is 1.47. The van der Waals surface area contributed by atoms with Crippen molar-refractivity contribution in [2.24, 2.45) is 0 Å². The molecule has 2 rings (SSSR count). The number of nitrogens with one attached hydrogen (secondary N) is 1. The Bertz CT molecular complexity index is 548. The second-order valence-corrected chi connectivity index (χ2v) is 3.83.